The van der Waals surface area contributed by atoms with Gasteiger partial charge in [0.1, 0.15) is 12.4 Å². The topological polar surface area (TPSA) is 59.1 Å². The van der Waals surface area contributed by atoms with Crippen LogP contribution in [0.2, 0.25) is 0 Å². The predicted molar refractivity (Wildman–Crippen MR) is 123 cm³/mol. The van der Waals surface area contributed by atoms with E-state index in [1.165, 1.54) is 5.56 Å². The summed E-state index contributed by atoms with van der Waals surface area (Å²) in [6.07, 6.45) is 4.36. The highest BCUT2D eigenvalue weighted by atomic mass is 16.5. The van der Waals surface area contributed by atoms with E-state index in [1.807, 2.05) is 52.3 Å². The number of carbonyl (C=O) groups is 2. The molecule has 0 bridgehead atoms. The smallest absolute Gasteiger partial charge is 0.254 e. The number of carbonyl (C=O) groups excluding carboxylic acids is 2. The van der Waals surface area contributed by atoms with E-state index in [2.05, 4.69) is 12.1 Å². The van der Waals surface area contributed by atoms with Gasteiger partial charge in [0.15, 0.2) is 0 Å². The second-order valence-electron chi connectivity index (χ2n) is 8.46. The minimum Gasteiger partial charge on any atom is -0.491 e. The summed E-state index contributed by atoms with van der Waals surface area (Å²) in [5.74, 6) is 0.980. The average molecular weight is 437 g/mol. The minimum atomic E-state index is 0.0305. The maximum atomic E-state index is 12.7. The lowest BCUT2D eigenvalue weighted by molar-refractivity contribution is -0.132. The zero-order valence-corrected chi connectivity index (χ0v) is 18.6. The molecule has 6 heteroatoms. The third-order valence-corrected chi connectivity index (χ3v) is 6.24. The number of hydrogen-bond donors (Lipinski definition) is 0. The normalized spacial score (nSPS) is 18.6. The maximum absolute atomic E-state index is 12.7. The van der Waals surface area contributed by atoms with Gasteiger partial charge in [-0.2, -0.15) is 0 Å². The van der Waals surface area contributed by atoms with E-state index in [1.54, 1.807) is 0 Å². The van der Waals surface area contributed by atoms with Crippen molar-refractivity contribution in [2.75, 3.05) is 39.5 Å². The van der Waals surface area contributed by atoms with Crippen molar-refractivity contribution in [1.29, 1.82) is 0 Å². The van der Waals surface area contributed by atoms with Gasteiger partial charge in [-0.3, -0.25) is 9.59 Å². The van der Waals surface area contributed by atoms with Gasteiger partial charge in [-0.25, -0.2) is 0 Å². The van der Waals surface area contributed by atoms with E-state index in [0.29, 0.717) is 44.9 Å². The van der Waals surface area contributed by atoms with Gasteiger partial charge >= 0.3 is 0 Å². The van der Waals surface area contributed by atoms with Gasteiger partial charge in [-0.1, -0.05) is 30.3 Å². The number of benzene rings is 2. The first kappa shape index (κ1) is 22.3. The molecule has 2 saturated heterocycles. The molecule has 1 unspecified atom stereocenters. The molecule has 4 rings (SSSR count). The van der Waals surface area contributed by atoms with Crippen LogP contribution in [0.15, 0.2) is 54.6 Å². The van der Waals surface area contributed by atoms with Crippen LogP contribution in [0, 0.1) is 0 Å². The fourth-order valence-electron chi connectivity index (χ4n) is 4.40. The number of nitrogens with zero attached hydrogens (tertiary/aromatic N) is 2. The zero-order chi connectivity index (χ0) is 22.2. The summed E-state index contributed by atoms with van der Waals surface area (Å²) in [5.41, 5.74) is 1.94. The molecule has 0 aliphatic carbocycles. The van der Waals surface area contributed by atoms with Gasteiger partial charge in [-0.05, 0) is 55.5 Å². The fraction of sp³-hybridized carbons (Fsp3) is 0.462. The number of likely N-dealkylation sites (tertiary alicyclic amines) is 1. The van der Waals surface area contributed by atoms with E-state index >= 15 is 0 Å². The van der Waals surface area contributed by atoms with Crippen molar-refractivity contribution >= 4 is 11.8 Å². The van der Waals surface area contributed by atoms with Crippen molar-refractivity contribution in [1.82, 2.24) is 9.80 Å². The molecule has 1 atom stereocenters. The molecule has 2 aromatic rings. The van der Waals surface area contributed by atoms with Crippen molar-refractivity contribution in [3.63, 3.8) is 0 Å². The fourth-order valence-corrected chi connectivity index (χ4v) is 4.40. The third kappa shape index (κ3) is 5.88. The Morgan fingerprint density at radius 1 is 0.969 bits per heavy atom. The quantitative estimate of drug-likeness (QED) is 0.635. The molecule has 170 valence electrons. The summed E-state index contributed by atoms with van der Waals surface area (Å²) < 4.78 is 11.3. The van der Waals surface area contributed by atoms with Gasteiger partial charge in [0.05, 0.1) is 19.3 Å². The summed E-state index contributed by atoms with van der Waals surface area (Å²) in [5, 5.41) is 0. The summed E-state index contributed by atoms with van der Waals surface area (Å²) in [6.45, 7) is 3.75. The molecule has 2 heterocycles. The SMILES string of the molecule is O=C(c1ccc(OCC2CCCN2C(=O)CCCc2ccccc2)cc1)N1CCOCC1. The van der Waals surface area contributed by atoms with Crippen LogP contribution in [-0.4, -0.2) is 67.1 Å². The first-order chi connectivity index (χ1) is 15.7. The van der Waals surface area contributed by atoms with E-state index in [4.69, 9.17) is 9.47 Å². The summed E-state index contributed by atoms with van der Waals surface area (Å²) in [4.78, 5) is 29.1. The van der Waals surface area contributed by atoms with Crippen LogP contribution < -0.4 is 4.74 Å². The molecule has 0 saturated carbocycles. The van der Waals surface area contributed by atoms with Crippen LogP contribution in [0.5, 0.6) is 5.75 Å². The van der Waals surface area contributed by atoms with Crippen molar-refractivity contribution in [2.24, 2.45) is 0 Å². The maximum Gasteiger partial charge on any atom is 0.254 e. The second-order valence-corrected chi connectivity index (χ2v) is 8.46. The molecule has 0 radical (unpaired) electrons. The third-order valence-electron chi connectivity index (χ3n) is 6.24. The average Bonchev–Trinajstić information content (AvgIpc) is 3.33. The molecule has 0 N–H and O–H groups in total. The first-order valence-corrected chi connectivity index (χ1v) is 11.6. The Labute approximate surface area is 190 Å². The summed E-state index contributed by atoms with van der Waals surface area (Å²) >= 11 is 0. The molecule has 2 aromatic carbocycles. The van der Waals surface area contributed by atoms with Crippen molar-refractivity contribution in [2.45, 2.75) is 38.1 Å². The van der Waals surface area contributed by atoms with Gasteiger partial charge < -0.3 is 19.3 Å². The standard InChI is InChI=1S/C26H32N2O4/c29-25(10-4-8-21-6-2-1-3-7-21)28-15-5-9-23(28)20-32-24-13-11-22(12-14-24)26(30)27-16-18-31-19-17-27/h1-3,6-7,11-14,23H,4-5,8-10,15-20H2. The van der Waals surface area contributed by atoms with E-state index < -0.39 is 0 Å². The van der Waals surface area contributed by atoms with E-state index in [-0.39, 0.29) is 17.9 Å². The lowest BCUT2D eigenvalue weighted by Gasteiger charge is -2.27. The summed E-state index contributed by atoms with van der Waals surface area (Å²) in [6, 6.07) is 17.7. The highest BCUT2D eigenvalue weighted by Gasteiger charge is 2.28. The van der Waals surface area contributed by atoms with Crippen molar-refractivity contribution in [3.8, 4) is 5.75 Å². The second kappa shape index (κ2) is 11.1. The Morgan fingerprint density at radius 2 is 1.72 bits per heavy atom. The predicted octanol–water partition coefficient (Wildman–Crippen LogP) is 3.55. The van der Waals surface area contributed by atoms with Crippen LogP contribution in [0.1, 0.15) is 41.6 Å². The largest absolute Gasteiger partial charge is 0.491 e. The number of ether oxygens (including phenoxy) is 2. The minimum absolute atomic E-state index is 0.0305. The number of hydrogen-bond acceptors (Lipinski definition) is 4. The Bertz CT molecular complexity index is 878. The monoisotopic (exact) mass is 436 g/mol. The molecule has 2 aliphatic heterocycles. The lowest BCUT2D eigenvalue weighted by atomic mass is 10.1. The molecule has 32 heavy (non-hydrogen) atoms. The van der Waals surface area contributed by atoms with E-state index in [0.717, 1.165) is 38.0 Å². The number of morpholine rings is 1. The molecule has 6 nitrogen and oxygen atoms in total. The van der Waals surface area contributed by atoms with Gasteiger partial charge in [0.25, 0.3) is 5.91 Å². The Hall–Kier alpha value is -2.86. The van der Waals surface area contributed by atoms with Gasteiger partial charge in [0.2, 0.25) is 5.91 Å². The van der Waals surface area contributed by atoms with Crippen LogP contribution in [0.25, 0.3) is 0 Å². The van der Waals surface area contributed by atoms with Crippen LogP contribution in [0.3, 0.4) is 0 Å². The Balaban J connectivity index is 1.23. The van der Waals surface area contributed by atoms with Crippen molar-refractivity contribution in [3.05, 3.63) is 65.7 Å². The molecule has 0 aromatic heterocycles. The molecule has 2 aliphatic rings. The number of amides is 2. The summed E-state index contributed by atoms with van der Waals surface area (Å²) in [7, 11) is 0. The van der Waals surface area contributed by atoms with Crippen molar-refractivity contribution < 1.29 is 19.1 Å². The molecular formula is C26H32N2O4. The van der Waals surface area contributed by atoms with Gasteiger partial charge in [-0.15, -0.1) is 0 Å². The Kier molecular flexibility index (Phi) is 7.77. The molecule has 0 spiro atoms. The first-order valence-electron chi connectivity index (χ1n) is 11.6. The lowest BCUT2D eigenvalue weighted by Crippen LogP contribution is -2.40. The van der Waals surface area contributed by atoms with Crippen LogP contribution in [-0.2, 0) is 16.0 Å². The molecule has 2 fully saturated rings. The molecule has 2 amide bonds. The van der Waals surface area contributed by atoms with Gasteiger partial charge in [0, 0.05) is 31.6 Å². The van der Waals surface area contributed by atoms with Crippen LogP contribution in [0.4, 0.5) is 0 Å². The highest BCUT2D eigenvalue weighted by molar-refractivity contribution is 5.94. The Morgan fingerprint density at radius 3 is 2.47 bits per heavy atom. The number of aryl methyl sites for hydroxylation is 1. The van der Waals surface area contributed by atoms with E-state index in [9.17, 15) is 9.59 Å². The zero-order valence-electron chi connectivity index (χ0n) is 18.6. The van der Waals surface area contributed by atoms with Crippen LogP contribution >= 0.6 is 0 Å². The molecular weight excluding hydrogens is 404 g/mol. The number of rotatable bonds is 8. The highest BCUT2D eigenvalue weighted by Crippen LogP contribution is 2.21.